The Morgan fingerprint density at radius 2 is 1.85 bits per heavy atom. The third-order valence-electron chi connectivity index (χ3n) is 2.65. The Balaban J connectivity index is 2.60. The molecule has 0 aliphatic rings. The van der Waals surface area contributed by atoms with E-state index >= 15 is 0 Å². The normalized spacial score (nSPS) is 13.8. The highest BCUT2D eigenvalue weighted by Gasteiger charge is 2.29. The van der Waals surface area contributed by atoms with Gasteiger partial charge in [-0.2, -0.15) is 13.2 Å². The van der Waals surface area contributed by atoms with Gasteiger partial charge >= 0.3 is 5.51 Å². The molecule has 1 rings (SSSR count). The van der Waals surface area contributed by atoms with Gasteiger partial charge in [0.05, 0.1) is 12.6 Å². The van der Waals surface area contributed by atoms with Crippen LogP contribution in [-0.2, 0) is 0 Å². The molecule has 0 bridgehead atoms. The van der Waals surface area contributed by atoms with Crippen LogP contribution in [0.15, 0.2) is 29.2 Å². The average molecular weight is 308 g/mol. The lowest BCUT2D eigenvalue weighted by Gasteiger charge is -2.18. The number of nitrogens with zero attached hydrogens (tertiary/aromatic N) is 1. The van der Waals surface area contributed by atoms with Gasteiger partial charge in [-0.1, -0.05) is 12.1 Å². The number of halogens is 3. The molecule has 1 unspecified atom stereocenters. The van der Waals surface area contributed by atoms with Crippen molar-refractivity contribution in [2.75, 3.05) is 33.8 Å². The van der Waals surface area contributed by atoms with Crippen LogP contribution in [0.5, 0.6) is 0 Å². The van der Waals surface area contributed by atoms with Gasteiger partial charge in [-0.05, 0) is 43.6 Å². The van der Waals surface area contributed by atoms with Crippen molar-refractivity contribution in [2.45, 2.75) is 16.4 Å². The fourth-order valence-electron chi connectivity index (χ4n) is 1.65. The van der Waals surface area contributed by atoms with Crippen molar-refractivity contribution < 1.29 is 18.3 Å². The first kappa shape index (κ1) is 17.3. The number of alkyl halides is 3. The average Bonchev–Trinajstić information content (AvgIpc) is 2.34. The maximum atomic E-state index is 12.2. The highest BCUT2D eigenvalue weighted by Crippen LogP contribution is 2.36. The molecule has 0 aliphatic carbocycles. The van der Waals surface area contributed by atoms with Crippen LogP contribution in [0.3, 0.4) is 0 Å². The third-order valence-corrected chi connectivity index (χ3v) is 3.39. The molecular formula is C13H19F3N2OS. The van der Waals surface area contributed by atoms with Crippen molar-refractivity contribution in [1.29, 1.82) is 0 Å². The standard InChI is InChI=1S/C13H19F3N2OS/c1-18(2)8-7-17-12(9-19)10-3-5-11(6-4-10)20-13(14,15)16/h3-6,12,17,19H,7-9H2,1-2H3. The van der Waals surface area contributed by atoms with E-state index in [2.05, 4.69) is 5.32 Å². The van der Waals surface area contributed by atoms with E-state index < -0.39 is 5.51 Å². The molecule has 0 spiro atoms. The number of nitrogens with one attached hydrogen (secondary N) is 1. The topological polar surface area (TPSA) is 35.5 Å². The number of hydrogen-bond donors (Lipinski definition) is 2. The maximum Gasteiger partial charge on any atom is 0.446 e. The van der Waals surface area contributed by atoms with E-state index in [4.69, 9.17) is 0 Å². The summed E-state index contributed by atoms with van der Waals surface area (Å²) in [7, 11) is 3.89. The molecule has 0 radical (unpaired) electrons. The molecular weight excluding hydrogens is 289 g/mol. The summed E-state index contributed by atoms with van der Waals surface area (Å²) in [5.74, 6) is 0. The molecule has 114 valence electrons. The van der Waals surface area contributed by atoms with Crippen molar-refractivity contribution in [3.05, 3.63) is 29.8 Å². The minimum atomic E-state index is -4.28. The molecule has 7 heteroatoms. The van der Waals surface area contributed by atoms with E-state index in [0.29, 0.717) is 6.54 Å². The largest absolute Gasteiger partial charge is 0.446 e. The molecule has 0 aliphatic heterocycles. The molecule has 1 atom stereocenters. The van der Waals surface area contributed by atoms with E-state index in [-0.39, 0.29) is 29.3 Å². The lowest BCUT2D eigenvalue weighted by molar-refractivity contribution is -0.0328. The van der Waals surface area contributed by atoms with E-state index in [9.17, 15) is 18.3 Å². The second kappa shape index (κ2) is 7.87. The Labute approximate surface area is 121 Å². The van der Waals surface area contributed by atoms with Gasteiger partial charge in [-0.15, -0.1) is 0 Å². The van der Waals surface area contributed by atoms with E-state index in [1.54, 1.807) is 12.1 Å². The van der Waals surface area contributed by atoms with Gasteiger partial charge in [-0.25, -0.2) is 0 Å². The van der Waals surface area contributed by atoms with Crippen LogP contribution >= 0.6 is 11.8 Å². The van der Waals surface area contributed by atoms with Crippen LogP contribution in [-0.4, -0.2) is 49.3 Å². The van der Waals surface area contributed by atoms with E-state index in [1.807, 2.05) is 19.0 Å². The summed E-state index contributed by atoms with van der Waals surface area (Å²) in [5.41, 5.74) is -3.50. The summed E-state index contributed by atoms with van der Waals surface area (Å²) in [6.45, 7) is 1.41. The van der Waals surface area contributed by atoms with Gasteiger partial charge < -0.3 is 15.3 Å². The Kier molecular flexibility index (Phi) is 6.81. The Morgan fingerprint density at radius 1 is 1.25 bits per heavy atom. The summed E-state index contributed by atoms with van der Waals surface area (Å²) in [6, 6.07) is 5.79. The molecule has 20 heavy (non-hydrogen) atoms. The summed E-state index contributed by atoms with van der Waals surface area (Å²) < 4.78 is 36.6. The van der Waals surface area contributed by atoms with E-state index in [0.717, 1.165) is 12.1 Å². The zero-order valence-electron chi connectivity index (χ0n) is 11.4. The van der Waals surface area contributed by atoms with Crippen molar-refractivity contribution in [1.82, 2.24) is 10.2 Å². The zero-order valence-corrected chi connectivity index (χ0v) is 12.3. The predicted molar refractivity (Wildman–Crippen MR) is 74.7 cm³/mol. The summed E-state index contributed by atoms with van der Waals surface area (Å²) >= 11 is -0.139. The van der Waals surface area contributed by atoms with Crippen molar-refractivity contribution >= 4 is 11.8 Å². The molecule has 0 aromatic heterocycles. The summed E-state index contributed by atoms with van der Waals surface area (Å²) in [4.78, 5) is 2.15. The summed E-state index contributed by atoms with van der Waals surface area (Å²) in [6.07, 6.45) is 0. The highest BCUT2D eigenvalue weighted by molar-refractivity contribution is 8.00. The monoisotopic (exact) mass is 308 g/mol. The molecule has 0 saturated heterocycles. The maximum absolute atomic E-state index is 12.2. The first-order valence-corrected chi connectivity index (χ1v) is 6.98. The van der Waals surface area contributed by atoms with Crippen molar-refractivity contribution in [3.63, 3.8) is 0 Å². The van der Waals surface area contributed by atoms with Gasteiger partial charge in [0.2, 0.25) is 0 Å². The van der Waals surface area contributed by atoms with E-state index in [1.165, 1.54) is 12.1 Å². The second-order valence-corrected chi connectivity index (χ2v) is 5.75. The second-order valence-electron chi connectivity index (χ2n) is 4.61. The Morgan fingerprint density at radius 3 is 2.30 bits per heavy atom. The number of hydrogen-bond acceptors (Lipinski definition) is 4. The van der Waals surface area contributed by atoms with Gasteiger partial charge in [0.25, 0.3) is 0 Å². The smallest absolute Gasteiger partial charge is 0.394 e. The molecule has 0 amide bonds. The molecule has 1 aromatic rings. The molecule has 2 N–H and O–H groups in total. The van der Waals surface area contributed by atoms with Crippen LogP contribution in [0.1, 0.15) is 11.6 Å². The molecule has 3 nitrogen and oxygen atoms in total. The number of aliphatic hydroxyl groups excluding tert-OH is 1. The molecule has 0 saturated carbocycles. The fraction of sp³-hybridized carbons (Fsp3) is 0.538. The quantitative estimate of drug-likeness (QED) is 0.759. The van der Waals surface area contributed by atoms with Crippen LogP contribution < -0.4 is 5.32 Å². The minimum absolute atomic E-state index is 0.0980. The lowest BCUT2D eigenvalue weighted by atomic mass is 10.1. The molecule has 1 aromatic carbocycles. The van der Waals surface area contributed by atoms with Crippen LogP contribution in [0.2, 0.25) is 0 Å². The Hall–Kier alpha value is -0.760. The lowest BCUT2D eigenvalue weighted by Crippen LogP contribution is -2.31. The number of aliphatic hydroxyl groups is 1. The zero-order chi connectivity index (χ0) is 15.2. The van der Waals surface area contributed by atoms with Crippen LogP contribution in [0.25, 0.3) is 0 Å². The van der Waals surface area contributed by atoms with Gasteiger partial charge in [0.1, 0.15) is 0 Å². The number of rotatable bonds is 7. The number of benzene rings is 1. The van der Waals surface area contributed by atoms with Gasteiger partial charge in [-0.3, -0.25) is 0 Å². The molecule has 0 fully saturated rings. The Bertz CT molecular complexity index is 396. The fourth-order valence-corrected chi connectivity index (χ4v) is 2.19. The van der Waals surface area contributed by atoms with Gasteiger partial charge in [0.15, 0.2) is 0 Å². The van der Waals surface area contributed by atoms with Gasteiger partial charge in [0, 0.05) is 18.0 Å². The highest BCUT2D eigenvalue weighted by atomic mass is 32.2. The van der Waals surface area contributed by atoms with Crippen LogP contribution in [0.4, 0.5) is 13.2 Å². The van der Waals surface area contributed by atoms with Crippen molar-refractivity contribution in [2.24, 2.45) is 0 Å². The first-order valence-electron chi connectivity index (χ1n) is 6.16. The number of likely N-dealkylation sites (N-methyl/N-ethyl adjacent to an activating group) is 1. The SMILES string of the molecule is CN(C)CCNC(CO)c1ccc(SC(F)(F)F)cc1. The third kappa shape index (κ3) is 6.60. The molecule has 0 heterocycles. The predicted octanol–water partition coefficient (Wildman–Crippen LogP) is 2.48. The first-order chi connectivity index (χ1) is 9.31. The summed E-state index contributed by atoms with van der Waals surface area (Å²) in [5, 5.41) is 12.5. The number of thioether (sulfide) groups is 1. The minimum Gasteiger partial charge on any atom is -0.394 e. The van der Waals surface area contributed by atoms with Crippen molar-refractivity contribution in [3.8, 4) is 0 Å². The van der Waals surface area contributed by atoms with Crippen LogP contribution in [0, 0.1) is 0 Å².